The van der Waals surface area contributed by atoms with Gasteiger partial charge in [-0.2, -0.15) is 0 Å². The number of aromatic nitrogens is 2. The summed E-state index contributed by atoms with van der Waals surface area (Å²) in [5, 5.41) is 24.3. The summed E-state index contributed by atoms with van der Waals surface area (Å²) in [7, 11) is 1.18. The first-order chi connectivity index (χ1) is 28.0. The van der Waals surface area contributed by atoms with Crippen LogP contribution in [-0.2, 0) is 38.3 Å². The van der Waals surface area contributed by atoms with Crippen LogP contribution < -0.4 is 31.9 Å². The van der Waals surface area contributed by atoms with Gasteiger partial charge in [0.2, 0.25) is 41.3 Å². The fourth-order valence-electron chi connectivity index (χ4n) is 6.40. The van der Waals surface area contributed by atoms with Crippen molar-refractivity contribution in [2.24, 2.45) is 11.8 Å². The molecule has 1 aromatic heterocycles. The molecule has 318 valence electrons. The van der Waals surface area contributed by atoms with Crippen LogP contribution in [0.2, 0.25) is 0 Å². The summed E-state index contributed by atoms with van der Waals surface area (Å²) in [6, 6.07) is 11.5. The van der Waals surface area contributed by atoms with E-state index in [1.165, 1.54) is 18.9 Å². The van der Waals surface area contributed by atoms with Gasteiger partial charge in [0.05, 0.1) is 13.7 Å². The molecule has 4 rings (SSSR count). The minimum atomic E-state index is -1.46. The van der Waals surface area contributed by atoms with Gasteiger partial charge in [-0.25, -0.2) is 0 Å². The number of esters is 1. The molecule has 0 aliphatic carbocycles. The summed E-state index contributed by atoms with van der Waals surface area (Å²) < 4.78 is 10.5. The molecule has 3 aromatic rings. The second-order valence-electron chi connectivity index (χ2n) is 15.3. The quantitative estimate of drug-likeness (QED) is 0.0753. The molecule has 0 spiro atoms. The second-order valence-corrected chi connectivity index (χ2v) is 15.3. The molecule has 4 atom stereocenters. The number of carbonyl (C=O) groups is 7. The van der Waals surface area contributed by atoms with E-state index in [2.05, 4.69) is 46.8 Å². The van der Waals surface area contributed by atoms with Crippen LogP contribution in [-0.4, -0.2) is 108 Å². The molecule has 0 unspecified atom stereocenters. The van der Waals surface area contributed by atoms with E-state index in [4.69, 9.17) is 4.42 Å². The van der Waals surface area contributed by atoms with Crippen molar-refractivity contribution in [1.29, 1.82) is 0 Å². The first kappa shape index (κ1) is 45.4. The fourth-order valence-corrected chi connectivity index (χ4v) is 6.40. The van der Waals surface area contributed by atoms with E-state index < -0.39 is 72.9 Å². The Hall–Kier alpha value is -6.33. The number of likely N-dealkylation sites (tertiary alicyclic amines) is 1. The lowest BCUT2D eigenvalue weighted by Crippen LogP contribution is -2.58. The van der Waals surface area contributed by atoms with Crippen LogP contribution in [0.15, 0.2) is 52.9 Å². The molecule has 2 aromatic carbocycles. The third-order valence-corrected chi connectivity index (χ3v) is 9.43. The van der Waals surface area contributed by atoms with Crippen LogP contribution in [0.5, 0.6) is 0 Å². The van der Waals surface area contributed by atoms with E-state index >= 15 is 0 Å². The van der Waals surface area contributed by atoms with Gasteiger partial charge < -0.3 is 46.0 Å². The summed E-state index contributed by atoms with van der Waals surface area (Å²) in [5.74, 6) is -3.63. The average molecular weight is 818 g/mol. The van der Waals surface area contributed by atoms with Crippen LogP contribution in [0, 0.1) is 18.8 Å². The standard InChI is InChI=1S/C41H55N9O9/c1-23(2)19-30(45-38(56)32-9-8-18-50(32)26(6)51)36(54)42-21-33(52)47-35(39(57)46-31(20-24(3)4)37(55)43-22-34(53)58-7)44-29-16-14-28(15-17-29)41-49-48-40(59-41)27-12-10-25(5)11-13-27/h10-17,23-24,30-32,35,44H,8-9,18-22H2,1-7H3,(H,42,54)(H,43,55)(H,45,56)(H,46,57)(H,47,52)/t30-,31-,32-,35+/m0/s1. The number of nitrogens with zero attached hydrogens (tertiary/aromatic N) is 3. The highest BCUT2D eigenvalue weighted by atomic mass is 16.5. The molecule has 0 radical (unpaired) electrons. The van der Waals surface area contributed by atoms with Crippen molar-refractivity contribution in [3.05, 3.63) is 54.1 Å². The zero-order valence-corrected chi connectivity index (χ0v) is 34.5. The highest BCUT2D eigenvalue weighted by Gasteiger charge is 2.35. The first-order valence-corrected chi connectivity index (χ1v) is 19.6. The summed E-state index contributed by atoms with van der Waals surface area (Å²) in [6.45, 7) is 10.3. The first-order valence-electron chi connectivity index (χ1n) is 19.6. The largest absolute Gasteiger partial charge is 0.468 e. The molecule has 59 heavy (non-hydrogen) atoms. The smallest absolute Gasteiger partial charge is 0.325 e. The molecule has 0 saturated carbocycles. The zero-order valence-electron chi connectivity index (χ0n) is 34.5. The van der Waals surface area contributed by atoms with Gasteiger partial charge in [-0.05, 0) is 80.8 Å². The van der Waals surface area contributed by atoms with Gasteiger partial charge in [-0.3, -0.25) is 33.6 Å². The van der Waals surface area contributed by atoms with E-state index in [1.807, 2.05) is 58.9 Å². The topological polar surface area (TPSA) is 243 Å². The number of ether oxygens (including phenoxy) is 1. The van der Waals surface area contributed by atoms with E-state index in [-0.39, 0.29) is 36.5 Å². The molecule has 18 heteroatoms. The summed E-state index contributed by atoms with van der Waals surface area (Å²) in [5.41, 5.74) is 2.81. The number of amides is 6. The molecule has 2 heterocycles. The van der Waals surface area contributed by atoms with Crippen molar-refractivity contribution >= 4 is 47.1 Å². The maximum atomic E-state index is 13.9. The fraction of sp³-hybridized carbons (Fsp3) is 0.488. The minimum Gasteiger partial charge on any atom is -0.468 e. The van der Waals surface area contributed by atoms with Crippen molar-refractivity contribution in [3.8, 4) is 22.9 Å². The molecular formula is C41H55N9O9. The number of anilines is 1. The Bertz CT molecular complexity index is 1950. The van der Waals surface area contributed by atoms with Crippen LogP contribution in [0.25, 0.3) is 22.9 Å². The molecule has 6 N–H and O–H groups in total. The second kappa shape index (κ2) is 21.4. The van der Waals surface area contributed by atoms with Crippen molar-refractivity contribution in [2.75, 3.05) is 32.1 Å². The van der Waals surface area contributed by atoms with Gasteiger partial charge in [0.25, 0.3) is 5.91 Å². The van der Waals surface area contributed by atoms with Gasteiger partial charge in [0.15, 0.2) is 6.17 Å². The average Bonchev–Trinajstić information content (AvgIpc) is 3.90. The predicted molar refractivity (Wildman–Crippen MR) is 217 cm³/mol. The summed E-state index contributed by atoms with van der Waals surface area (Å²) in [4.78, 5) is 92.1. The minimum absolute atomic E-state index is 0.00490. The number of benzene rings is 2. The van der Waals surface area contributed by atoms with Gasteiger partial charge in [0.1, 0.15) is 24.7 Å². The molecule has 6 amide bonds. The Labute approximate surface area is 343 Å². The number of methoxy groups -OCH3 is 1. The van der Waals surface area contributed by atoms with E-state index in [0.717, 1.165) is 11.1 Å². The van der Waals surface area contributed by atoms with Crippen molar-refractivity contribution in [1.82, 2.24) is 41.7 Å². The maximum absolute atomic E-state index is 13.9. The third kappa shape index (κ3) is 13.6. The van der Waals surface area contributed by atoms with Crippen LogP contribution in [0.4, 0.5) is 5.69 Å². The van der Waals surface area contributed by atoms with Gasteiger partial charge in [-0.15, -0.1) is 10.2 Å². The number of nitrogens with one attached hydrogen (secondary N) is 6. The lowest BCUT2D eigenvalue weighted by molar-refractivity contribution is -0.141. The Kier molecular flexibility index (Phi) is 16.5. The van der Waals surface area contributed by atoms with Crippen molar-refractivity contribution in [3.63, 3.8) is 0 Å². The Morgan fingerprint density at radius 1 is 0.763 bits per heavy atom. The van der Waals surface area contributed by atoms with Crippen molar-refractivity contribution < 1.29 is 42.7 Å². The van der Waals surface area contributed by atoms with E-state index in [0.29, 0.717) is 36.5 Å². The van der Waals surface area contributed by atoms with Gasteiger partial charge >= 0.3 is 5.97 Å². The Morgan fingerprint density at radius 2 is 1.31 bits per heavy atom. The third-order valence-electron chi connectivity index (χ3n) is 9.43. The number of aryl methyl sites for hydroxylation is 1. The van der Waals surface area contributed by atoms with E-state index in [9.17, 15) is 33.6 Å². The van der Waals surface area contributed by atoms with Crippen LogP contribution >= 0.6 is 0 Å². The molecular weight excluding hydrogens is 763 g/mol. The number of hydrogen-bond acceptors (Lipinski definition) is 12. The number of hydrogen-bond donors (Lipinski definition) is 6. The SMILES string of the molecule is COC(=O)CNC(=O)[C@H](CC(C)C)NC(=O)[C@@H](NC(=O)CNC(=O)[C@H](CC(C)C)NC(=O)[C@@H]1CCCN1C(C)=O)Nc1ccc(-c2nnc(-c3ccc(C)cc3)o2)cc1. The number of rotatable bonds is 19. The Morgan fingerprint density at radius 3 is 1.85 bits per heavy atom. The molecule has 1 fully saturated rings. The monoisotopic (exact) mass is 817 g/mol. The number of carbonyl (C=O) groups excluding carboxylic acids is 7. The molecule has 18 nitrogen and oxygen atoms in total. The Balaban J connectivity index is 1.49. The van der Waals surface area contributed by atoms with Gasteiger partial charge in [0, 0.05) is 30.3 Å². The highest BCUT2D eigenvalue weighted by Crippen LogP contribution is 2.25. The summed E-state index contributed by atoms with van der Waals surface area (Å²) >= 11 is 0. The van der Waals surface area contributed by atoms with Crippen LogP contribution in [0.3, 0.4) is 0 Å². The highest BCUT2D eigenvalue weighted by molar-refractivity contribution is 5.96. The molecule has 1 aliphatic heterocycles. The van der Waals surface area contributed by atoms with E-state index in [1.54, 1.807) is 24.3 Å². The normalized spacial score (nSPS) is 15.1. The predicted octanol–water partition coefficient (Wildman–Crippen LogP) is 2.04. The molecule has 1 saturated heterocycles. The zero-order chi connectivity index (χ0) is 43.2. The molecule has 0 bridgehead atoms. The van der Waals surface area contributed by atoms with Crippen LogP contribution in [0.1, 0.15) is 65.9 Å². The van der Waals surface area contributed by atoms with Gasteiger partial charge in [-0.1, -0.05) is 45.4 Å². The van der Waals surface area contributed by atoms with Crippen molar-refractivity contribution in [2.45, 2.75) is 91.5 Å². The summed E-state index contributed by atoms with van der Waals surface area (Å²) in [6.07, 6.45) is 0.139. The molecule has 1 aliphatic rings. The maximum Gasteiger partial charge on any atom is 0.325 e. The lowest BCUT2D eigenvalue weighted by Gasteiger charge is -2.26. The lowest BCUT2D eigenvalue weighted by atomic mass is 10.0.